The highest BCUT2D eigenvalue weighted by molar-refractivity contribution is 7.65. The van der Waals surface area contributed by atoms with Gasteiger partial charge < -0.3 is 4.52 Å². The van der Waals surface area contributed by atoms with Crippen LogP contribution in [0.4, 0.5) is 0 Å². The Kier molecular flexibility index (Phi) is 8.53. The van der Waals surface area contributed by atoms with Crippen molar-refractivity contribution in [2.75, 3.05) is 0 Å². The van der Waals surface area contributed by atoms with E-state index in [0.717, 1.165) is 40.8 Å². The summed E-state index contributed by atoms with van der Waals surface area (Å²) in [6.07, 6.45) is 1.57. The summed E-state index contributed by atoms with van der Waals surface area (Å²) in [7, 11) is 0. The number of hydrogen-bond donors (Lipinski definition) is 0. The van der Waals surface area contributed by atoms with Crippen LogP contribution in [-0.2, 0) is 0 Å². The molecule has 0 saturated heterocycles. The largest absolute Gasteiger partial charge is 0.356 e. The summed E-state index contributed by atoms with van der Waals surface area (Å²) < 4.78 is 5.58. The molecule has 1 heterocycles. The van der Waals surface area contributed by atoms with Crippen molar-refractivity contribution in [3.8, 4) is 22.6 Å². The van der Waals surface area contributed by atoms with Crippen LogP contribution in [0.2, 0.25) is 0 Å². The predicted molar refractivity (Wildman–Crippen MR) is 140 cm³/mol. The highest BCUT2D eigenvalue weighted by atomic mass is 35.8. The molecule has 0 N–H and O–H groups in total. The van der Waals surface area contributed by atoms with E-state index in [1.54, 1.807) is 0 Å². The van der Waals surface area contributed by atoms with E-state index in [4.69, 9.17) is 71.0 Å². The van der Waals surface area contributed by atoms with Gasteiger partial charge in [0.25, 0.3) is 0 Å². The second kappa shape index (κ2) is 10.4. The van der Waals surface area contributed by atoms with Crippen molar-refractivity contribution in [1.82, 2.24) is 5.16 Å². The molecule has 0 saturated carbocycles. The van der Waals surface area contributed by atoms with Crippen LogP contribution >= 0.6 is 66.5 Å². The molecule has 0 radical (unpaired) electrons. The van der Waals surface area contributed by atoms with Gasteiger partial charge in [-0.2, -0.15) is 0 Å². The lowest BCUT2D eigenvalue weighted by Gasteiger charge is -2.21. The fourth-order valence-electron chi connectivity index (χ4n) is 3.63. The molecule has 2 aromatic carbocycles. The van der Waals surface area contributed by atoms with Crippen molar-refractivity contribution in [3.05, 3.63) is 65.7 Å². The molecule has 0 amide bonds. The van der Waals surface area contributed by atoms with E-state index in [2.05, 4.69) is 5.16 Å². The van der Waals surface area contributed by atoms with E-state index in [1.807, 2.05) is 68.4 Å². The van der Waals surface area contributed by atoms with Crippen LogP contribution in [0.15, 0.2) is 59.1 Å². The van der Waals surface area contributed by atoms with Crippen molar-refractivity contribution in [2.24, 2.45) is 0 Å². The topological polar surface area (TPSA) is 26.0 Å². The quantitative estimate of drug-likeness (QED) is 0.199. The van der Waals surface area contributed by atoms with Gasteiger partial charge in [-0.1, -0.05) is 67.5 Å². The molecule has 0 aliphatic heterocycles. The summed E-state index contributed by atoms with van der Waals surface area (Å²) in [4.78, 5) is 0. The molecule has 31 heavy (non-hydrogen) atoms. The first kappa shape index (κ1) is 25.4. The summed E-state index contributed by atoms with van der Waals surface area (Å²) in [6.45, 7) is 4.06. The van der Waals surface area contributed by atoms with Gasteiger partial charge in [-0.25, -0.2) is 0 Å². The van der Waals surface area contributed by atoms with Gasteiger partial charge in [-0.3, -0.25) is 0 Å². The van der Waals surface area contributed by atoms with Crippen molar-refractivity contribution in [2.45, 2.75) is 37.8 Å². The lowest BCUT2D eigenvalue weighted by Crippen LogP contribution is -2.22. The molecular weight excluding hydrogens is 551 g/mol. The van der Waals surface area contributed by atoms with E-state index in [0.29, 0.717) is 5.76 Å². The highest BCUT2D eigenvalue weighted by Crippen LogP contribution is 2.40. The summed E-state index contributed by atoms with van der Waals surface area (Å²) in [5, 5.41) is 4.22. The molecular formula is C21H21Cl6NOSi2. The smallest absolute Gasteiger partial charge is 0.348 e. The van der Waals surface area contributed by atoms with Crippen LogP contribution in [-0.4, -0.2) is 17.2 Å². The fourth-order valence-corrected chi connectivity index (χ4v) is 10.7. The third-order valence-corrected chi connectivity index (χ3v) is 13.1. The number of nitrogens with zero attached hydrogens (tertiary/aromatic N) is 1. The zero-order valence-corrected chi connectivity index (χ0v) is 23.4. The first-order valence-corrected chi connectivity index (χ1v) is 20.1. The van der Waals surface area contributed by atoms with E-state index in [9.17, 15) is 0 Å². The van der Waals surface area contributed by atoms with Gasteiger partial charge in [0, 0.05) is 28.3 Å². The van der Waals surface area contributed by atoms with Gasteiger partial charge in [0.2, 0.25) is 0 Å². The molecule has 2 nitrogen and oxygen atoms in total. The molecule has 1 aromatic heterocycles. The molecule has 0 spiro atoms. The SMILES string of the molecule is CCC(c1ccc(-c2cc(-c3ccc(C(CC)[Si](Cl)(Cl)Cl)cc3)on2)cc1)[Si](Cl)(Cl)Cl. The Bertz CT molecular complexity index is 916. The molecule has 2 unspecified atom stereocenters. The van der Waals surface area contributed by atoms with E-state index in [1.165, 1.54) is 0 Å². The highest BCUT2D eigenvalue weighted by Gasteiger charge is 2.37. The molecule has 0 aliphatic carbocycles. The Labute approximate surface area is 213 Å². The second-order valence-electron chi connectivity index (χ2n) is 7.33. The van der Waals surface area contributed by atoms with Crippen molar-refractivity contribution in [1.29, 1.82) is 0 Å². The maximum Gasteiger partial charge on any atom is 0.348 e. The summed E-state index contributed by atoms with van der Waals surface area (Å²) in [6, 6.07) is 12.1. The lowest BCUT2D eigenvalue weighted by molar-refractivity contribution is 0.435. The van der Waals surface area contributed by atoms with Gasteiger partial charge >= 0.3 is 12.0 Å². The van der Waals surface area contributed by atoms with Gasteiger partial charge in [0.15, 0.2) is 5.76 Å². The lowest BCUT2D eigenvalue weighted by atomic mass is 10.0. The maximum atomic E-state index is 6.25. The summed E-state index contributed by atoms with van der Waals surface area (Å²) >= 11 is 37.5. The third-order valence-electron chi connectivity index (χ3n) is 5.32. The van der Waals surface area contributed by atoms with Gasteiger partial charge in [0.05, 0.1) is 0 Å². The minimum atomic E-state index is -2.83. The predicted octanol–water partition coefficient (Wildman–Crippen LogP) is 9.38. The van der Waals surface area contributed by atoms with Crippen LogP contribution < -0.4 is 0 Å². The third kappa shape index (κ3) is 6.24. The van der Waals surface area contributed by atoms with Crippen LogP contribution in [0.3, 0.4) is 0 Å². The Morgan fingerprint density at radius 2 is 1.13 bits per heavy atom. The Balaban J connectivity index is 1.80. The van der Waals surface area contributed by atoms with Gasteiger partial charge in [0.1, 0.15) is 5.69 Å². The zero-order valence-electron chi connectivity index (χ0n) is 16.9. The van der Waals surface area contributed by atoms with Gasteiger partial charge in [-0.05, 0) is 24.0 Å². The maximum absolute atomic E-state index is 6.25. The monoisotopic (exact) mass is 569 g/mol. The molecule has 0 fully saturated rings. The van der Waals surface area contributed by atoms with Crippen LogP contribution in [0.25, 0.3) is 22.6 Å². The van der Waals surface area contributed by atoms with Crippen LogP contribution in [0, 0.1) is 0 Å². The minimum absolute atomic E-state index is 0.0411. The van der Waals surface area contributed by atoms with Crippen LogP contribution in [0.1, 0.15) is 48.9 Å². The summed E-state index contributed by atoms with van der Waals surface area (Å²) in [5.74, 6) is 0.671. The second-order valence-corrected chi connectivity index (χ2v) is 25.1. The number of halogens is 6. The molecule has 2 atom stereocenters. The van der Waals surface area contributed by atoms with E-state index < -0.39 is 12.0 Å². The zero-order chi connectivity index (χ0) is 22.8. The Morgan fingerprint density at radius 3 is 1.52 bits per heavy atom. The number of aromatic nitrogens is 1. The van der Waals surface area contributed by atoms with Gasteiger partial charge in [-0.15, -0.1) is 66.5 Å². The van der Waals surface area contributed by atoms with E-state index >= 15 is 0 Å². The number of rotatable bonds is 8. The van der Waals surface area contributed by atoms with Crippen molar-refractivity contribution in [3.63, 3.8) is 0 Å². The Morgan fingerprint density at radius 1 is 0.710 bits per heavy atom. The van der Waals surface area contributed by atoms with Crippen LogP contribution in [0.5, 0.6) is 0 Å². The molecule has 10 heteroatoms. The van der Waals surface area contributed by atoms with Crippen molar-refractivity contribution >= 4 is 78.5 Å². The minimum Gasteiger partial charge on any atom is -0.356 e. The standard InChI is InChI=1S/C21H21Cl6NOSi2/c1-3-20(30(22,23)24)16-9-5-14(6-10-16)18-13-19(29-28-18)15-7-11-17(12-8-15)21(4-2)31(25,26)27/h5-13,20-21H,3-4H2,1-2H3. The molecule has 0 bridgehead atoms. The molecule has 3 aromatic rings. The molecule has 3 rings (SSSR count). The number of hydrogen-bond acceptors (Lipinski definition) is 2. The normalized spacial score (nSPS) is 14.5. The van der Waals surface area contributed by atoms with E-state index in [-0.39, 0.29) is 11.1 Å². The average Bonchev–Trinajstić information content (AvgIpc) is 3.18. The Hall–Kier alpha value is -0.176. The first-order valence-electron chi connectivity index (χ1n) is 9.85. The molecule has 0 aliphatic rings. The number of benzene rings is 2. The average molecular weight is 572 g/mol. The first-order chi connectivity index (χ1) is 14.5. The summed E-state index contributed by atoms with van der Waals surface area (Å²) in [5.41, 5.74) is 4.55. The molecule has 166 valence electrons. The fraction of sp³-hybridized carbons (Fsp3) is 0.286. The van der Waals surface area contributed by atoms with Crippen molar-refractivity contribution < 1.29 is 4.52 Å².